The summed E-state index contributed by atoms with van der Waals surface area (Å²) in [6.45, 7) is 6.18. The zero-order chi connectivity index (χ0) is 20.7. The van der Waals surface area contributed by atoms with Crippen LogP contribution in [0.1, 0.15) is 31.7 Å². The maximum atomic E-state index is 13.0. The summed E-state index contributed by atoms with van der Waals surface area (Å²) < 4.78 is 39.7. The number of thioether (sulfide) groups is 1. The summed E-state index contributed by atoms with van der Waals surface area (Å²) in [5.41, 5.74) is 0.820. The van der Waals surface area contributed by atoms with Gasteiger partial charge in [0.25, 0.3) is 0 Å². The molecule has 1 aliphatic heterocycles. The average Bonchev–Trinajstić information content (AvgIpc) is 2.73. The zero-order valence-electron chi connectivity index (χ0n) is 17.0. The van der Waals surface area contributed by atoms with Gasteiger partial charge in [-0.1, -0.05) is 25.1 Å². The molecular weight excluding hydrogens is 406 g/mol. The van der Waals surface area contributed by atoms with Crippen LogP contribution in [0.25, 0.3) is 0 Å². The molecule has 0 amide bonds. The fourth-order valence-electron chi connectivity index (χ4n) is 3.27. The number of aryl methyl sites for hydroxylation is 1. The van der Waals surface area contributed by atoms with Crippen molar-refractivity contribution in [3.8, 4) is 5.75 Å². The Bertz CT molecular complexity index is 894. The van der Waals surface area contributed by atoms with E-state index in [-0.39, 0.29) is 9.64 Å². The van der Waals surface area contributed by atoms with Crippen LogP contribution in [-0.4, -0.2) is 39.5 Å². The third-order valence-electron chi connectivity index (χ3n) is 4.98. The summed E-state index contributed by atoms with van der Waals surface area (Å²) in [5, 5.41) is 0. The van der Waals surface area contributed by atoms with Crippen molar-refractivity contribution in [1.29, 1.82) is 0 Å². The van der Waals surface area contributed by atoms with E-state index in [1.807, 2.05) is 32.0 Å². The molecule has 1 saturated heterocycles. The summed E-state index contributed by atoms with van der Waals surface area (Å²) >= 11 is 1.74. The molecule has 2 aromatic rings. The van der Waals surface area contributed by atoms with E-state index in [1.165, 1.54) is 0 Å². The topological polar surface area (TPSA) is 64.6 Å². The lowest BCUT2D eigenvalue weighted by Gasteiger charge is -2.36. The van der Waals surface area contributed by atoms with Gasteiger partial charge in [0.05, 0.1) is 11.5 Å². The fourth-order valence-corrected chi connectivity index (χ4v) is 5.88. The van der Waals surface area contributed by atoms with Crippen LogP contribution in [0, 0.1) is 6.92 Å². The molecule has 1 N–H and O–H groups in total. The highest BCUT2D eigenvalue weighted by Gasteiger charge is 2.35. The van der Waals surface area contributed by atoms with Gasteiger partial charge in [-0.15, -0.1) is 11.8 Å². The average molecular weight is 436 g/mol. The molecule has 3 rings (SSSR count). The van der Waals surface area contributed by atoms with E-state index in [1.54, 1.807) is 30.0 Å². The number of hydrogen-bond donors (Lipinski definition) is 1. The van der Waals surface area contributed by atoms with Crippen LogP contribution < -0.4 is 9.46 Å². The third-order valence-corrected chi connectivity index (χ3v) is 7.88. The largest absolute Gasteiger partial charge is 0.493 e. The first-order chi connectivity index (χ1) is 13.9. The van der Waals surface area contributed by atoms with Crippen molar-refractivity contribution in [3.05, 3.63) is 54.1 Å². The SMILES string of the molecule is CCCOc1ccc(S(=O)(=O)NCC2(Sc3ccccc3)CCOCC2)cc1C. The van der Waals surface area contributed by atoms with E-state index in [4.69, 9.17) is 9.47 Å². The summed E-state index contributed by atoms with van der Waals surface area (Å²) in [4.78, 5) is 1.41. The lowest BCUT2D eigenvalue weighted by Crippen LogP contribution is -2.44. The molecule has 1 aliphatic rings. The molecule has 0 atom stereocenters. The molecule has 7 heteroatoms. The van der Waals surface area contributed by atoms with E-state index in [0.717, 1.165) is 35.5 Å². The molecule has 0 unspecified atom stereocenters. The van der Waals surface area contributed by atoms with E-state index in [2.05, 4.69) is 16.9 Å². The van der Waals surface area contributed by atoms with E-state index in [0.29, 0.717) is 26.4 Å². The molecule has 0 bridgehead atoms. The molecule has 1 heterocycles. The number of ether oxygens (including phenoxy) is 2. The summed E-state index contributed by atoms with van der Waals surface area (Å²) in [5.74, 6) is 0.728. The Labute approximate surface area is 178 Å². The van der Waals surface area contributed by atoms with Crippen molar-refractivity contribution < 1.29 is 17.9 Å². The van der Waals surface area contributed by atoms with Crippen molar-refractivity contribution in [2.75, 3.05) is 26.4 Å². The molecule has 1 fully saturated rings. The zero-order valence-corrected chi connectivity index (χ0v) is 18.7. The first-order valence-corrected chi connectivity index (χ1v) is 12.3. The maximum absolute atomic E-state index is 13.0. The maximum Gasteiger partial charge on any atom is 0.240 e. The Kier molecular flexibility index (Phi) is 7.62. The molecule has 0 saturated carbocycles. The highest BCUT2D eigenvalue weighted by atomic mass is 32.2. The van der Waals surface area contributed by atoms with Gasteiger partial charge in [-0.2, -0.15) is 0 Å². The van der Waals surface area contributed by atoms with Crippen LogP contribution in [-0.2, 0) is 14.8 Å². The minimum absolute atomic E-state index is 0.216. The fraction of sp³-hybridized carbons (Fsp3) is 0.455. The van der Waals surface area contributed by atoms with Crippen molar-refractivity contribution in [2.24, 2.45) is 0 Å². The van der Waals surface area contributed by atoms with Crippen molar-refractivity contribution in [1.82, 2.24) is 4.72 Å². The molecule has 0 aliphatic carbocycles. The van der Waals surface area contributed by atoms with E-state index < -0.39 is 10.0 Å². The molecule has 29 heavy (non-hydrogen) atoms. The Morgan fingerprint density at radius 2 is 1.86 bits per heavy atom. The highest BCUT2D eigenvalue weighted by Crippen LogP contribution is 2.40. The summed E-state index contributed by atoms with van der Waals surface area (Å²) in [6.07, 6.45) is 2.52. The first kappa shape index (κ1) is 22.2. The van der Waals surface area contributed by atoms with Crippen molar-refractivity contribution in [2.45, 2.75) is 47.6 Å². The van der Waals surface area contributed by atoms with Crippen LogP contribution >= 0.6 is 11.8 Å². The van der Waals surface area contributed by atoms with Gasteiger partial charge in [0.1, 0.15) is 5.75 Å². The monoisotopic (exact) mass is 435 g/mol. The highest BCUT2D eigenvalue weighted by molar-refractivity contribution is 8.00. The van der Waals surface area contributed by atoms with E-state index >= 15 is 0 Å². The Hall–Kier alpha value is -1.54. The predicted molar refractivity (Wildman–Crippen MR) is 117 cm³/mol. The molecule has 5 nitrogen and oxygen atoms in total. The quantitative estimate of drug-likeness (QED) is 0.632. The van der Waals surface area contributed by atoms with Crippen LogP contribution in [0.5, 0.6) is 5.75 Å². The van der Waals surface area contributed by atoms with Gasteiger partial charge in [0.15, 0.2) is 0 Å². The lowest BCUT2D eigenvalue weighted by molar-refractivity contribution is 0.0784. The Morgan fingerprint density at radius 1 is 1.14 bits per heavy atom. The number of hydrogen-bond acceptors (Lipinski definition) is 5. The second kappa shape index (κ2) is 9.98. The van der Waals surface area contributed by atoms with Gasteiger partial charge in [-0.25, -0.2) is 13.1 Å². The second-order valence-electron chi connectivity index (χ2n) is 7.31. The lowest BCUT2D eigenvalue weighted by atomic mass is 9.99. The molecule has 2 aromatic carbocycles. The minimum Gasteiger partial charge on any atom is -0.493 e. The standard InChI is InChI=1S/C22H29NO4S2/c1-3-13-27-21-10-9-20(16-18(21)2)29(24,25)23-17-22(11-14-26-15-12-22)28-19-7-5-4-6-8-19/h4-10,16,23H,3,11-15,17H2,1-2H3. The number of rotatable bonds is 9. The smallest absolute Gasteiger partial charge is 0.240 e. The van der Waals surface area contributed by atoms with Crippen molar-refractivity contribution >= 4 is 21.8 Å². The summed E-state index contributed by atoms with van der Waals surface area (Å²) in [6, 6.07) is 15.1. The first-order valence-electron chi connectivity index (χ1n) is 9.99. The van der Waals surface area contributed by atoms with Gasteiger partial charge in [-0.3, -0.25) is 0 Å². The van der Waals surface area contributed by atoms with Crippen LogP contribution in [0.3, 0.4) is 0 Å². The van der Waals surface area contributed by atoms with Gasteiger partial charge < -0.3 is 9.47 Å². The molecular formula is C22H29NO4S2. The summed E-state index contributed by atoms with van der Waals surface area (Å²) in [7, 11) is -3.61. The molecule has 0 aromatic heterocycles. The third kappa shape index (κ3) is 5.98. The Morgan fingerprint density at radius 3 is 2.52 bits per heavy atom. The molecule has 0 spiro atoms. The van der Waals surface area contributed by atoms with Crippen LogP contribution in [0.4, 0.5) is 0 Å². The number of sulfonamides is 1. The minimum atomic E-state index is -3.61. The van der Waals surface area contributed by atoms with Crippen LogP contribution in [0.2, 0.25) is 0 Å². The van der Waals surface area contributed by atoms with Gasteiger partial charge in [0, 0.05) is 29.4 Å². The van der Waals surface area contributed by atoms with E-state index in [9.17, 15) is 8.42 Å². The van der Waals surface area contributed by atoms with Gasteiger partial charge in [0.2, 0.25) is 10.0 Å². The Balaban J connectivity index is 1.73. The molecule has 0 radical (unpaired) electrons. The van der Waals surface area contributed by atoms with Crippen LogP contribution in [0.15, 0.2) is 58.3 Å². The predicted octanol–water partition coefficient (Wildman–Crippen LogP) is 4.40. The normalized spacial score (nSPS) is 16.5. The van der Waals surface area contributed by atoms with Gasteiger partial charge >= 0.3 is 0 Å². The van der Waals surface area contributed by atoms with Gasteiger partial charge in [-0.05, 0) is 62.1 Å². The molecule has 158 valence electrons. The van der Waals surface area contributed by atoms with Crippen molar-refractivity contribution in [3.63, 3.8) is 0 Å². The number of nitrogens with one attached hydrogen (secondary N) is 1. The number of benzene rings is 2. The second-order valence-corrected chi connectivity index (χ2v) is 10.6.